The first-order chi connectivity index (χ1) is 10.2. The van der Waals surface area contributed by atoms with Crippen LogP contribution in [0, 0.1) is 5.82 Å². The van der Waals surface area contributed by atoms with Gasteiger partial charge in [0.1, 0.15) is 6.61 Å². The molecule has 1 saturated heterocycles. The fourth-order valence-corrected chi connectivity index (χ4v) is 2.60. The van der Waals surface area contributed by atoms with Crippen molar-refractivity contribution in [2.75, 3.05) is 19.8 Å². The van der Waals surface area contributed by atoms with Gasteiger partial charge in [0, 0.05) is 18.2 Å². The summed E-state index contributed by atoms with van der Waals surface area (Å²) >= 11 is 0. The van der Waals surface area contributed by atoms with Crippen LogP contribution in [0.4, 0.5) is 4.39 Å². The average molecular weight is 295 g/mol. The zero-order chi connectivity index (χ0) is 15.1. The lowest BCUT2D eigenvalue weighted by atomic mass is 10.1. The van der Waals surface area contributed by atoms with Crippen LogP contribution in [0.25, 0.3) is 0 Å². The van der Waals surface area contributed by atoms with Crippen LogP contribution >= 0.6 is 0 Å². The van der Waals surface area contributed by atoms with Crippen LogP contribution in [0.2, 0.25) is 0 Å². The number of hydrogen-bond acceptors (Lipinski definition) is 3. The molecule has 1 aromatic carbocycles. The van der Waals surface area contributed by atoms with Crippen LogP contribution in [-0.4, -0.2) is 25.9 Å². The molecule has 0 radical (unpaired) electrons. The molecule has 1 aliphatic heterocycles. The predicted octanol–water partition coefficient (Wildman–Crippen LogP) is 3.83. The maximum absolute atomic E-state index is 14.1. The Kier molecular flexibility index (Phi) is 6.46. The summed E-state index contributed by atoms with van der Waals surface area (Å²) in [6.45, 7) is 6.27. The van der Waals surface area contributed by atoms with Crippen molar-refractivity contribution in [1.82, 2.24) is 5.32 Å². The van der Waals surface area contributed by atoms with E-state index >= 15 is 0 Å². The second-order valence-corrected chi connectivity index (χ2v) is 5.63. The number of hydrogen-bond donors (Lipinski definition) is 1. The molecule has 1 aromatic rings. The summed E-state index contributed by atoms with van der Waals surface area (Å²) < 4.78 is 25.5. The Bertz CT molecular complexity index is 433. The van der Waals surface area contributed by atoms with Crippen molar-refractivity contribution < 1.29 is 13.9 Å². The minimum atomic E-state index is -0.298. The van der Waals surface area contributed by atoms with Gasteiger partial charge in [-0.1, -0.05) is 19.1 Å². The van der Waals surface area contributed by atoms with E-state index in [1.54, 1.807) is 6.07 Å². The molecule has 1 N–H and O–H groups in total. The lowest BCUT2D eigenvalue weighted by Gasteiger charge is -2.24. The highest BCUT2D eigenvalue weighted by atomic mass is 19.1. The minimum Gasteiger partial charge on any atom is -0.487 e. The first-order valence-corrected chi connectivity index (χ1v) is 7.98. The van der Waals surface area contributed by atoms with Gasteiger partial charge in [0.2, 0.25) is 0 Å². The van der Waals surface area contributed by atoms with Crippen LogP contribution in [0.15, 0.2) is 18.2 Å². The molecule has 0 spiro atoms. The second-order valence-electron chi connectivity index (χ2n) is 5.63. The van der Waals surface area contributed by atoms with E-state index in [0.29, 0.717) is 12.4 Å². The quantitative estimate of drug-likeness (QED) is 0.829. The number of para-hydroxylation sites is 1. The lowest BCUT2D eigenvalue weighted by Crippen LogP contribution is -2.27. The van der Waals surface area contributed by atoms with Crippen molar-refractivity contribution in [3.8, 4) is 5.75 Å². The normalized spacial score (nSPS) is 20.2. The van der Waals surface area contributed by atoms with E-state index in [2.05, 4.69) is 12.2 Å². The van der Waals surface area contributed by atoms with Crippen molar-refractivity contribution in [2.24, 2.45) is 0 Å². The molecule has 0 aromatic heterocycles. The van der Waals surface area contributed by atoms with E-state index in [0.717, 1.165) is 44.4 Å². The fraction of sp³-hybridized carbons (Fsp3) is 0.647. The zero-order valence-corrected chi connectivity index (χ0v) is 13.0. The van der Waals surface area contributed by atoms with Crippen LogP contribution < -0.4 is 10.1 Å². The third-order valence-corrected chi connectivity index (χ3v) is 3.85. The standard InChI is InChI=1S/C17H26FNO2/c1-3-10-19-13(2)15-8-6-9-16(18)17(15)21-12-14-7-4-5-11-20-14/h6,8-9,13-14,19H,3-5,7,10-12H2,1-2H3. The molecule has 0 saturated carbocycles. The number of nitrogens with one attached hydrogen (secondary N) is 1. The Labute approximate surface area is 126 Å². The molecule has 2 rings (SSSR count). The van der Waals surface area contributed by atoms with Gasteiger partial charge in [0.25, 0.3) is 0 Å². The van der Waals surface area contributed by atoms with Crippen molar-refractivity contribution in [2.45, 2.75) is 51.7 Å². The highest BCUT2D eigenvalue weighted by Gasteiger charge is 2.19. The molecule has 0 aliphatic carbocycles. The van der Waals surface area contributed by atoms with Crippen molar-refractivity contribution in [1.29, 1.82) is 0 Å². The summed E-state index contributed by atoms with van der Waals surface area (Å²) in [6, 6.07) is 5.18. The first kappa shape index (κ1) is 16.2. The minimum absolute atomic E-state index is 0.0722. The molecule has 2 atom stereocenters. The largest absolute Gasteiger partial charge is 0.487 e. The molecule has 1 fully saturated rings. The highest BCUT2D eigenvalue weighted by molar-refractivity contribution is 5.37. The third kappa shape index (κ3) is 4.68. The van der Waals surface area contributed by atoms with Gasteiger partial charge < -0.3 is 14.8 Å². The molecule has 4 heteroatoms. The van der Waals surface area contributed by atoms with Gasteiger partial charge in [-0.05, 0) is 45.2 Å². The number of ether oxygens (including phenoxy) is 2. The molecular weight excluding hydrogens is 269 g/mol. The van der Waals surface area contributed by atoms with Crippen molar-refractivity contribution in [3.05, 3.63) is 29.6 Å². The number of rotatable bonds is 7. The Morgan fingerprint density at radius 3 is 3.00 bits per heavy atom. The van der Waals surface area contributed by atoms with Gasteiger partial charge in [-0.3, -0.25) is 0 Å². The molecule has 2 unspecified atom stereocenters. The van der Waals surface area contributed by atoms with E-state index < -0.39 is 0 Å². The van der Waals surface area contributed by atoms with Gasteiger partial charge in [-0.2, -0.15) is 0 Å². The maximum atomic E-state index is 14.1. The molecule has 0 amide bonds. The second kappa shape index (κ2) is 8.35. The summed E-state index contributed by atoms with van der Waals surface area (Å²) in [5.41, 5.74) is 0.874. The average Bonchev–Trinajstić information content (AvgIpc) is 2.52. The summed E-state index contributed by atoms with van der Waals surface area (Å²) in [7, 11) is 0. The van der Waals surface area contributed by atoms with E-state index in [1.807, 2.05) is 13.0 Å². The molecule has 3 nitrogen and oxygen atoms in total. The van der Waals surface area contributed by atoms with E-state index in [-0.39, 0.29) is 18.0 Å². The molecular formula is C17H26FNO2. The van der Waals surface area contributed by atoms with Gasteiger partial charge in [-0.25, -0.2) is 4.39 Å². The predicted molar refractivity (Wildman–Crippen MR) is 82.2 cm³/mol. The highest BCUT2D eigenvalue weighted by Crippen LogP contribution is 2.29. The van der Waals surface area contributed by atoms with Crippen LogP contribution in [0.5, 0.6) is 5.75 Å². The molecule has 118 valence electrons. The van der Waals surface area contributed by atoms with Gasteiger partial charge in [-0.15, -0.1) is 0 Å². The number of halogens is 1. The van der Waals surface area contributed by atoms with Gasteiger partial charge in [0.05, 0.1) is 6.10 Å². The Morgan fingerprint density at radius 1 is 1.43 bits per heavy atom. The van der Waals surface area contributed by atoms with Crippen LogP contribution in [0.3, 0.4) is 0 Å². The smallest absolute Gasteiger partial charge is 0.165 e. The molecule has 1 aliphatic rings. The van der Waals surface area contributed by atoms with Gasteiger partial charge in [0.15, 0.2) is 11.6 Å². The van der Waals surface area contributed by atoms with Crippen LogP contribution in [0.1, 0.15) is 51.1 Å². The van der Waals surface area contributed by atoms with Crippen molar-refractivity contribution >= 4 is 0 Å². The van der Waals surface area contributed by atoms with E-state index in [9.17, 15) is 4.39 Å². The Hall–Kier alpha value is -1.13. The zero-order valence-electron chi connectivity index (χ0n) is 13.0. The van der Waals surface area contributed by atoms with Crippen LogP contribution in [-0.2, 0) is 4.74 Å². The Balaban J connectivity index is 2.02. The monoisotopic (exact) mass is 295 g/mol. The van der Waals surface area contributed by atoms with Crippen molar-refractivity contribution in [3.63, 3.8) is 0 Å². The summed E-state index contributed by atoms with van der Waals surface area (Å²) in [6.07, 6.45) is 4.40. The Morgan fingerprint density at radius 2 is 2.29 bits per heavy atom. The summed E-state index contributed by atoms with van der Waals surface area (Å²) in [5.74, 6) is 0.0660. The molecule has 0 bridgehead atoms. The fourth-order valence-electron chi connectivity index (χ4n) is 2.60. The first-order valence-electron chi connectivity index (χ1n) is 7.98. The molecule has 1 heterocycles. The maximum Gasteiger partial charge on any atom is 0.165 e. The van der Waals surface area contributed by atoms with E-state index in [1.165, 1.54) is 6.07 Å². The van der Waals surface area contributed by atoms with Gasteiger partial charge >= 0.3 is 0 Å². The lowest BCUT2D eigenvalue weighted by molar-refractivity contribution is -0.0120. The summed E-state index contributed by atoms with van der Waals surface area (Å²) in [5, 5.41) is 3.38. The van der Waals surface area contributed by atoms with E-state index in [4.69, 9.17) is 9.47 Å². The molecule has 21 heavy (non-hydrogen) atoms. The topological polar surface area (TPSA) is 30.5 Å². The SMILES string of the molecule is CCCNC(C)c1cccc(F)c1OCC1CCCCO1. The number of benzene rings is 1. The third-order valence-electron chi connectivity index (χ3n) is 3.85. The summed E-state index contributed by atoms with van der Waals surface area (Å²) in [4.78, 5) is 0.